The van der Waals surface area contributed by atoms with E-state index in [9.17, 15) is 27.6 Å². The van der Waals surface area contributed by atoms with Crippen LogP contribution in [0.3, 0.4) is 0 Å². The maximum Gasteiger partial charge on any atom is 0.406 e. The molecular formula is C55H63F3N8O6S. The number of nitrogens with zero attached hydrogens (tertiary/aromatic N) is 6. The second-order valence-electron chi connectivity index (χ2n) is 20.6. The second kappa shape index (κ2) is 21.8. The first-order valence-corrected chi connectivity index (χ1v) is 25.8. The number of ether oxygens (including phenoxy) is 3. The number of hydrogen-bond acceptors (Lipinski definition) is 12. The van der Waals surface area contributed by atoms with Crippen LogP contribution in [0.4, 0.5) is 13.2 Å². The number of carbonyl (C=O) groups is 3. The smallest absolute Gasteiger partial charge is 0.406 e. The molecule has 0 aliphatic carbocycles. The van der Waals surface area contributed by atoms with Crippen LogP contribution in [-0.2, 0) is 48.0 Å². The van der Waals surface area contributed by atoms with Gasteiger partial charge in [0.25, 0.3) is 5.91 Å². The van der Waals surface area contributed by atoms with E-state index in [1.165, 1.54) is 27.8 Å². The molecule has 2 saturated heterocycles. The van der Waals surface area contributed by atoms with Gasteiger partial charge >= 0.3 is 12.1 Å². The summed E-state index contributed by atoms with van der Waals surface area (Å²) in [6.07, 6.45) is -2.64. The average molecular weight is 1020 g/mol. The first kappa shape index (κ1) is 51.8. The summed E-state index contributed by atoms with van der Waals surface area (Å²) in [6, 6.07) is 27.4. The van der Waals surface area contributed by atoms with Gasteiger partial charge in [0.2, 0.25) is 5.91 Å². The molecule has 0 radical (unpaired) electrons. The van der Waals surface area contributed by atoms with E-state index in [2.05, 4.69) is 49.3 Å². The Balaban J connectivity index is 1.02. The highest BCUT2D eigenvalue weighted by Crippen LogP contribution is 2.43. The number of fused-ring (bicyclic) bond motifs is 6. The Morgan fingerprint density at radius 1 is 0.986 bits per heavy atom. The van der Waals surface area contributed by atoms with Crippen molar-refractivity contribution in [3.63, 3.8) is 0 Å². The molecule has 18 heteroatoms. The fraction of sp³-hybridized carbons (Fsp3) is 0.455. The highest BCUT2D eigenvalue weighted by atomic mass is 32.1. The van der Waals surface area contributed by atoms with Crippen molar-refractivity contribution in [2.75, 3.05) is 40.0 Å². The molecule has 73 heavy (non-hydrogen) atoms. The second-order valence-corrected chi connectivity index (χ2v) is 21.4. The number of halogens is 3. The van der Waals surface area contributed by atoms with E-state index in [0.717, 1.165) is 11.5 Å². The number of hydrogen-bond donors (Lipinski definition) is 2. The van der Waals surface area contributed by atoms with E-state index in [-0.39, 0.29) is 62.4 Å². The lowest BCUT2D eigenvalue weighted by Gasteiger charge is -2.45. The van der Waals surface area contributed by atoms with Gasteiger partial charge < -0.3 is 24.1 Å². The lowest BCUT2D eigenvalue weighted by Crippen LogP contribution is -2.61. The van der Waals surface area contributed by atoms with Crippen molar-refractivity contribution < 1.29 is 41.8 Å². The number of hydrazine groups is 1. The molecular weight excluding hydrogens is 958 g/mol. The minimum atomic E-state index is -4.59. The number of likely N-dealkylation sites (tertiary alicyclic amines) is 1. The Hall–Kier alpha value is -6.05. The van der Waals surface area contributed by atoms with Gasteiger partial charge in [0.05, 0.1) is 48.8 Å². The first-order chi connectivity index (χ1) is 35.0. The lowest BCUT2D eigenvalue weighted by atomic mass is 9.84. The number of rotatable bonds is 13. The van der Waals surface area contributed by atoms with Gasteiger partial charge in [-0.25, -0.2) is 10.4 Å². The maximum atomic E-state index is 14.7. The van der Waals surface area contributed by atoms with Gasteiger partial charge in [-0.1, -0.05) is 88.4 Å². The van der Waals surface area contributed by atoms with Gasteiger partial charge in [-0.2, -0.15) is 17.5 Å². The number of alkyl halides is 3. The molecule has 14 nitrogen and oxygen atoms in total. The van der Waals surface area contributed by atoms with E-state index >= 15 is 0 Å². The quantitative estimate of drug-likeness (QED) is 0.107. The molecule has 9 rings (SSSR count). The number of methoxy groups -OCH3 is 1. The van der Waals surface area contributed by atoms with Gasteiger partial charge in [0.1, 0.15) is 29.5 Å². The average Bonchev–Trinajstić information content (AvgIpc) is 3.95. The van der Waals surface area contributed by atoms with Crippen molar-refractivity contribution in [2.45, 2.75) is 103 Å². The van der Waals surface area contributed by atoms with Crippen molar-refractivity contribution >= 4 is 40.2 Å². The number of esters is 1. The van der Waals surface area contributed by atoms with E-state index in [0.29, 0.717) is 69.9 Å². The minimum Gasteiger partial charge on any atom is -0.464 e. The van der Waals surface area contributed by atoms with Crippen molar-refractivity contribution in [1.29, 1.82) is 0 Å². The fourth-order valence-corrected chi connectivity index (χ4v) is 10.9. The van der Waals surface area contributed by atoms with Crippen LogP contribution in [0.1, 0.15) is 87.8 Å². The number of cyclic esters (lactones) is 1. The van der Waals surface area contributed by atoms with Crippen LogP contribution in [0.15, 0.2) is 97.2 Å². The van der Waals surface area contributed by atoms with Crippen LogP contribution < -0.4 is 10.7 Å². The fourth-order valence-electron chi connectivity index (χ4n) is 10.2. The number of benzene rings is 3. The zero-order valence-electron chi connectivity index (χ0n) is 42.0. The van der Waals surface area contributed by atoms with Gasteiger partial charge in [0, 0.05) is 66.8 Å². The Morgan fingerprint density at radius 2 is 1.70 bits per heavy atom. The predicted molar refractivity (Wildman–Crippen MR) is 272 cm³/mol. The Bertz CT molecular complexity index is 2870. The molecule has 6 bridgehead atoms. The van der Waals surface area contributed by atoms with Crippen molar-refractivity contribution in [3.8, 4) is 21.8 Å². The van der Waals surface area contributed by atoms with Crippen LogP contribution in [0.2, 0.25) is 0 Å². The molecule has 386 valence electrons. The molecule has 2 fully saturated rings. The van der Waals surface area contributed by atoms with Gasteiger partial charge in [-0.3, -0.25) is 29.3 Å². The van der Waals surface area contributed by atoms with Crippen LogP contribution in [0, 0.1) is 17.3 Å². The minimum absolute atomic E-state index is 0.0567. The molecule has 3 aromatic heterocycles. The zero-order valence-corrected chi connectivity index (χ0v) is 42.8. The van der Waals surface area contributed by atoms with Gasteiger partial charge in [-0.05, 0) is 90.7 Å². The molecule has 0 unspecified atom stereocenters. The van der Waals surface area contributed by atoms with E-state index in [1.54, 1.807) is 37.4 Å². The summed E-state index contributed by atoms with van der Waals surface area (Å²) < 4.78 is 68.2. The normalized spacial score (nSPS) is 19.9. The summed E-state index contributed by atoms with van der Waals surface area (Å²) >= 11 is 1.09. The van der Waals surface area contributed by atoms with Crippen molar-refractivity contribution in [3.05, 3.63) is 125 Å². The van der Waals surface area contributed by atoms with Crippen molar-refractivity contribution in [1.82, 2.24) is 39.6 Å². The summed E-state index contributed by atoms with van der Waals surface area (Å²) in [6.45, 7) is 9.91. The van der Waals surface area contributed by atoms with Gasteiger partial charge in [-0.15, -0.1) is 0 Å². The van der Waals surface area contributed by atoms with Crippen LogP contribution in [0.25, 0.3) is 32.7 Å². The molecule has 2 amide bonds. The third-order valence-corrected chi connectivity index (χ3v) is 15.0. The van der Waals surface area contributed by atoms with Crippen molar-refractivity contribution in [2.24, 2.45) is 17.3 Å². The highest BCUT2D eigenvalue weighted by molar-refractivity contribution is 7.09. The lowest BCUT2D eigenvalue weighted by molar-refractivity contribution is -0.155. The molecule has 0 saturated carbocycles. The standard InChI is InChI=1S/C55H63F3N8O6S/c1-33(2)42(30-71-38-28-64(29-38)48(35-15-9-7-10-16-35)36-17-11-8-12-18-36)50(67)60-44-26-46-61-51(73-63-46)37-21-22-45-40(25-37)41(27-54(4,5)32-72-53(69)43-20-14-24-66(62-43)52(44)68)49(65(45)31-55(56,57)58)39-19-13-23-59-47(39)34(3)70-6/h7-13,15-19,21-23,25,33-34,38,42-44,48,62H,14,20,24,26-32H2,1-6H3,(H,60,67)/t34-,42-,43-,44-/m0/s1. The third-order valence-electron chi connectivity index (χ3n) is 14.2. The molecule has 6 heterocycles. The summed E-state index contributed by atoms with van der Waals surface area (Å²) in [7, 11) is 1.52. The summed E-state index contributed by atoms with van der Waals surface area (Å²) in [4.78, 5) is 54.9. The summed E-state index contributed by atoms with van der Waals surface area (Å²) in [5.74, 6) is -1.87. The SMILES string of the molecule is CO[C@@H](C)c1ncccc1-c1c2c3cc(ccc3n1CC(F)(F)F)-c1nc(ns1)C[C@H](NC(=O)[C@@H](COC1CN(C(c3ccccc3)c3ccccc3)C1)C(C)C)C(=O)N1CCC[C@H](N1)C(=O)OCC(C)(C)C2. The topological polar surface area (TPSA) is 153 Å². The molecule has 0 spiro atoms. The Morgan fingerprint density at radius 3 is 2.37 bits per heavy atom. The summed E-state index contributed by atoms with van der Waals surface area (Å²) in [5.41, 5.74) is 7.53. The number of amides is 2. The summed E-state index contributed by atoms with van der Waals surface area (Å²) in [5, 5.41) is 5.46. The molecule has 4 atom stereocenters. The molecule has 3 aliphatic rings. The Kier molecular flexibility index (Phi) is 15.5. The monoisotopic (exact) mass is 1020 g/mol. The predicted octanol–water partition coefficient (Wildman–Crippen LogP) is 8.90. The number of nitrogens with one attached hydrogen (secondary N) is 2. The maximum absolute atomic E-state index is 14.7. The molecule has 3 aromatic carbocycles. The molecule has 6 aromatic rings. The van der Waals surface area contributed by atoms with Crippen LogP contribution in [0.5, 0.6) is 0 Å². The van der Waals surface area contributed by atoms with Gasteiger partial charge in [0.15, 0.2) is 0 Å². The van der Waals surface area contributed by atoms with Crippen LogP contribution >= 0.6 is 11.5 Å². The number of pyridine rings is 1. The third kappa shape index (κ3) is 11.7. The molecule has 3 aliphatic heterocycles. The van der Waals surface area contributed by atoms with Crippen LogP contribution in [-0.4, -0.2) is 111 Å². The van der Waals surface area contributed by atoms with E-state index < -0.39 is 54.1 Å². The number of aromatic nitrogens is 4. The van der Waals surface area contributed by atoms with E-state index in [4.69, 9.17) is 19.2 Å². The number of carbonyl (C=O) groups excluding carboxylic acids is 3. The molecule has 2 N–H and O–H groups in total. The highest BCUT2D eigenvalue weighted by Gasteiger charge is 2.40. The zero-order chi connectivity index (χ0) is 51.6. The largest absolute Gasteiger partial charge is 0.464 e. The first-order valence-electron chi connectivity index (χ1n) is 25.0. The van der Waals surface area contributed by atoms with E-state index in [1.807, 2.05) is 70.2 Å². The Labute approximate surface area is 427 Å².